The van der Waals surface area contributed by atoms with E-state index in [1.807, 2.05) is 6.07 Å². The normalized spacial score (nSPS) is 10.9. The number of ketones is 1. The van der Waals surface area contributed by atoms with Gasteiger partial charge in [0.25, 0.3) is 0 Å². The van der Waals surface area contributed by atoms with E-state index in [-0.39, 0.29) is 10.0 Å². The molecule has 110 valence electrons. The van der Waals surface area contributed by atoms with Crippen LogP contribution in [0.15, 0.2) is 52.5 Å². The van der Waals surface area contributed by atoms with Crippen LogP contribution in [0.2, 0.25) is 0 Å². The lowest BCUT2D eigenvalue weighted by Gasteiger charge is -2.03. The highest BCUT2D eigenvalue weighted by molar-refractivity contribution is 9.10. The average Bonchev–Trinajstić information content (AvgIpc) is 2.55. The summed E-state index contributed by atoms with van der Waals surface area (Å²) < 4.78 is 18.5. The molecule has 0 amide bonds. The SMILES string of the molecule is COc1cccc(C(=O)/C(C#N)=C/c2ccc(F)c(Br)c2)c1. The third-order valence-electron chi connectivity index (χ3n) is 2.95. The Labute approximate surface area is 135 Å². The first kappa shape index (κ1) is 15.9. The maximum absolute atomic E-state index is 13.2. The van der Waals surface area contributed by atoms with E-state index in [9.17, 15) is 14.4 Å². The second kappa shape index (κ2) is 7.01. The maximum atomic E-state index is 13.2. The molecule has 2 aromatic rings. The Balaban J connectivity index is 2.38. The van der Waals surface area contributed by atoms with Crippen LogP contribution in [0.3, 0.4) is 0 Å². The number of nitrogens with zero attached hydrogens (tertiary/aromatic N) is 1. The van der Waals surface area contributed by atoms with E-state index < -0.39 is 11.6 Å². The van der Waals surface area contributed by atoms with Gasteiger partial charge in [0.1, 0.15) is 23.2 Å². The highest BCUT2D eigenvalue weighted by Crippen LogP contribution is 2.21. The molecule has 0 aliphatic carbocycles. The summed E-state index contributed by atoms with van der Waals surface area (Å²) in [6.45, 7) is 0. The van der Waals surface area contributed by atoms with Gasteiger partial charge in [-0.05, 0) is 51.8 Å². The Morgan fingerprint density at radius 3 is 2.73 bits per heavy atom. The highest BCUT2D eigenvalue weighted by atomic mass is 79.9. The van der Waals surface area contributed by atoms with Crippen LogP contribution in [0.4, 0.5) is 4.39 Å². The fraction of sp³-hybridized carbons (Fsp3) is 0.0588. The molecule has 0 N–H and O–H groups in total. The van der Waals surface area contributed by atoms with Gasteiger partial charge in [0, 0.05) is 5.56 Å². The van der Waals surface area contributed by atoms with Crippen LogP contribution in [0, 0.1) is 17.1 Å². The highest BCUT2D eigenvalue weighted by Gasteiger charge is 2.13. The fourth-order valence-corrected chi connectivity index (χ4v) is 2.23. The molecule has 3 nitrogen and oxygen atoms in total. The number of halogens is 2. The van der Waals surface area contributed by atoms with Crippen LogP contribution in [0.1, 0.15) is 15.9 Å². The summed E-state index contributed by atoms with van der Waals surface area (Å²) in [5.74, 6) is -0.288. The first-order valence-corrected chi connectivity index (χ1v) is 7.10. The van der Waals surface area contributed by atoms with Crippen molar-refractivity contribution in [2.24, 2.45) is 0 Å². The van der Waals surface area contributed by atoms with Crippen molar-refractivity contribution in [1.82, 2.24) is 0 Å². The summed E-state index contributed by atoms with van der Waals surface area (Å²) in [7, 11) is 1.50. The molecular weight excluding hydrogens is 349 g/mol. The minimum absolute atomic E-state index is 0.0354. The summed E-state index contributed by atoms with van der Waals surface area (Å²) in [5.41, 5.74) is 0.876. The molecule has 0 heterocycles. The molecule has 2 aromatic carbocycles. The van der Waals surface area contributed by atoms with Crippen LogP contribution >= 0.6 is 15.9 Å². The number of allylic oxidation sites excluding steroid dienone is 1. The lowest BCUT2D eigenvalue weighted by molar-refractivity contribution is 0.103. The largest absolute Gasteiger partial charge is 0.497 e. The van der Waals surface area contributed by atoms with Gasteiger partial charge >= 0.3 is 0 Å². The minimum atomic E-state index is -0.415. The van der Waals surface area contributed by atoms with Gasteiger partial charge in [-0.3, -0.25) is 4.79 Å². The molecule has 0 aliphatic heterocycles. The maximum Gasteiger partial charge on any atom is 0.203 e. The van der Waals surface area contributed by atoms with Crippen LogP contribution in [0.5, 0.6) is 5.75 Å². The molecule has 22 heavy (non-hydrogen) atoms. The zero-order valence-corrected chi connectivity index (χ0v) is 13.2. The van der Waals surface area contributed by atoms with E-state index in [1.54, 1.807) is 24.3 Å². The Kier molecular flexibility index (Phi) is 5.08. The van der Waals surface area contributed by atoms with Gasteiger partial charge in [0.15, 0.2) is 0 Å². The van der Waals surface area contributed by atoms with Crippen LogP contribution in [-0.4, -0.2) is 12.9 Å². The van der Waals surface area contributed by atoms with E-state index >= 15 is 0 Å². The number of methoxy groups -OCH3 is 1. The summed E-state index contributed by atoms with van der Waals surface area (Å²) in [6.07, 6.45) is 1.42. The number of carbonyl (C=O) groups excluding carboxylic acids is 1. The zero-order valence-electron chi connectivity index (χ0n) is 11.6. The van der Waals surface area contributed by atoms with Gasteiger partial charge in [0.05, 0.1) is 11.6 Å². The van der Waals surface area contributed by atoms with Gasteiger partial charge in [-0.2, -0.15) is 5.26 Å². The van der Waals surface area contributed by atoms with Gasteiger partial charge in [-0.1, -0.05) is 18.2 Å². The molecule has 0 aliphatic rings. The van der Waals surface area contributed by atoms with Gasteiger partial charge in [-0.15, -0.1) is 0 Å². The lowest BCUT2D eigenvalue weighted by atomic mass is 10.0. The van der Waals surface area contributed by atoms with Crippen LogP contribution < -0.4 is 4.74 Å². The molecule has 0 fully saturated rings. The Morgan fingerprint density at radius 2 is 2.09 bits per heavy atom. The Hall–Kier alpha value is -2.45. The van der Waals surface area contributed by atoms with E-state index in [4.69, 9.17) is 4.74 Å². The van der Waals surface area contributed by atoms with Crippen molar-refractivity contribution >= 4 is 27.8 Å². The molecule has 0 saturated carbocycles. The van der Waals surface area contributed by atoms with Crippen molar-refractivity contribution in [3.05, 3.63) is 69.5 Å². The zero-order chi connectivity index (χ0) is 16.1. The first-order valence-electron chi connectivity index (χ1n) is 6.30. The van der Waals surface area contributed by atoms with E-state index in [1.165, 1.54) is 31.4 Å². The molecule has 0 bridgehead atoms. The smallest absolute Gasteiger partial charge is 0.203 e. The number of Topliss-reactive ketones (excluding diaryl/α,β-unsaturated/α-hetero) is 1. The number of carbonyl (C=O) groups is 1. The monoisotopic (exact) mass is 359 g/mol. The van der Waals surface area contributed by atoms with Crippen molar-refractivity contribution in [1.29, 1.82) is 5.26 Å². The molecule has 5 heteroatoms. The number of nitriles is 1. The second-order valence-electron chi connectivity index (χ2n) is 4.40. The van der Waals surface area contributed by atoms with Crippen molar-refractivity contribution in [2.75, 3.05) is 7.11 Å². The number of ether oxygens (including phenoxy) is 1. The quantitative estimate of drug-likeness (QED) is 0.462. The summed E-state index contributed by atoms with van der Waals surface area (Å²) >= 11 is 3.07. The van der Waals surface area contributed by atoms with Crippen molar-refractivity contribution in [2.45, 2.75) is 0 Å². The standard InChI is InChI=1S/C17H11BrFNO2/c1-22-14-4-2-3-12(9-14)17(21)13(10-20)7-11-5-6-16(19)15(18)8-11/h2-9H,1H3/b13-7+. The molecule has 0 unspecified atom stereocenters. The number of rotatable bonds is 4. The summed E-state index contributed by atoms with van der Waals surface area (Å²) in [5, 5.41) is 9.21. The molecule has 2 rings (SSSR count). The van der Waals surface area contributed by atoms with Crippen molar-refractivity contribution < 1.29 is 13.9 Å². The third-order valence-corrected chi connectivity index (χ3v) is 3.56. The predicted molar refractivity (Wildman–Crippen MR) is 85.0 cm³/mol. The molecule has 0 saturated heterocycles. The number of hydrogen-bond acceptors (Lipinski definition) is 3. The van der Waals surface area contributed by atoms with E-state index in [2.05, 4.69) is 15.9 Å². The van der Waals surface area contributed by atoms with E-state index in [0.29, 0.717) is 16.9 Å². The second-order valence-corrected chi connectivity index (χ2v) is 5.26. The Bertz CT molecular complexity index is 793. The average molecular weight is 360 g/mol. The molecular formula is C17H11BrFNO2. The molecule has 0 aromatic heterocycles. The molecule has 0 spiro atoms. The predicted octanol–water partition coefficient (Wildman–Crippen LogP) is 4.39. The van der Waals surface area contributed by atoms with Crippen molar-refractivity contribution in [3.63, 3.8) is 0 Å². The topological polar surface area (TPSA) is 50.1 Å². The third kappa shape index (κ3) is 3.60. The lowest BCUT2D eigenvalue weighted by Crippen LogP contribution is -2.02. The fourth-order valence-electron chi connectivity index (χ4n) is 1.84. The van der Waals surface area contributed by atoms with Gasteiger partial charge in [-0.25, -0.2) is 4.39 Å². The molecule has 0 atom stereocenters. The summed E-state index contributed by atoms with van der Waals surface area (Å²) in [6, 6.07) is 12.7. The number of hydrogen-bond donors (Lipinski definition) is 0. The minimum Gasteiger partial charge on any atom is -0.497 e. The number of benzene rings is 2. The van der Waals surface area contributed by atoms with Crippen molar-refractivity contribution in [3.8, 4) is 11.8 Å². The van der Waals surface area contributed by atoms with Crippen LogP contribution in [-0.2, 0) is 0 Å². The van der Waals surface area contributed by atoms with Gasteiger partial charge in [0.2, 0.25) is 5.78 Å². The van der Waals surface area contributed by atoms with E-state index in [0.717, 1.165) is 0 Å². The first-order chi connectivity index (χ1) is 10.5. The van der Waals surface area contributed by atoms with Gasteiger partial charge < -0.3 is 4.74 Å². The molecule has 0 radical (unpaired) electrons. The van der Waals surface area contributed by atoms with Crippen LogP contribution in [0.25, 0.3) is 6.08 Å². The Morgan fingerprint density at radius 1 is 1.32 bits per heavy atom. The summed E-state index contributed by atoms with van der Waals surface area (Å²) in [4.78, 5) is 12.4.